The van der Waals surface area contributed by atoms with E-state index in [0.29, 0.717) is 46.0 Å². The summed E-state index contributed by atoms with van der Waals surface area (Å²) in [6.45, 7) is 7.09. The summed E-state index contributed by atoms with van der Waals surface area (Å²) in [5, 5.41) is 20.6. The van der Waals surface area contributed by atoms with Gasteiger partial charge in [0.05, 0.1) is 38.5 Å². The van der Waals surface area contributed by atoms with Crippen LogP contribution in [0.3, 0.4) is 0 Å². The standard InChI is InChI=1S/C16H22N2O4.C8H16N2O3.ClH.18H2/c1-2-21-16(20)17-8-13-11-22-18(14(13)9-17)15(10-19)12-6-4-3-5-7-12;1-2-13-8(12)10-3-6(5-11)7(9)4-10;;;;;;;;;;;;;;;;;;;/h3-7,13-15,19H,2,8-11H2,1H3;6-7,11H,2-5,9H2,1H3;19*1H/t13-,14-,15-;6-,7-;;;;;;;;;;;;;;;;;;;/m00.................../s1/i;;;16*1+1D;1+1;. The number of fused-ring (bicyclic) bond motifs is 1. The number of likely N-dealkylation sites (tertiary alicyclic amines) is 2. The summed E-state index contributed by atoms with van der Waals surface area (Å²) in [6.07, 6.45) is -0.606. The van der Waals surface area contributed by atoms with E-state index in [9.17, 15) is 14.7 Å². The average Bonchev–Trinajstić information content (AvgIpc) is 4.19. The van der Waals surface area contributed by atoms with E-state index in [0.717, 1.165) is 5.56 Å². The molecule has 0 aliphatic carbocycles. The van der Waals surface area contributed by atoms with Gasteiger partial charge in [0.25, 0.3) is 0 Å². The molecule has 3 aliphatic rings. The van der Waals surface area contributed by atoms with Gasteiger partial charge in [-0.15, -0.1) is 12.4 Å². The normalized spacial score (nSPS) is 29.5. The van der Waals surface area contributed by atoms with Crippen molar-refractivity contribution in [1.82, 2.24) is 14.9 Å². The van der Waals surface area contributed by atoms with E-state index in [4.69, 9.17) is 72.7 Å². The number of rotatable bonds is 6. The van der Waals surface area contributed by atoms with Gasteiger partial charge in [0.2, 0.25) is 0 Å². The zero-order chi connectivity index (χ0) is 57.4. The summed E-state index contributed by atoms with van der Waals surface area (Å²) in [6, 6.07) is 9.57. The van der Waals surface area contributed by atoms with Crippen LogP contribution in [0.5, 0.6) is 0 Å². The molecule has 0 radical (unpaired) electrons. The van der Waals surface area contributed by atoms with E-state index < -0.39 is 0 Å². The van der Waals surface area contributed by atoms with E-state index in [-0.39, 0.29) is 70.6 Å². The van der Waals surface area contributed by atoms with Gasteiger partial charge in [-0.25, -0.2) is 9.59 Å². The molecule has 0 bridgehead atoms. The number of hydrogen-bond acceptors (Lipinski definition) is 9. The second-order valence-electron chi connectivity index (χ2n) is 8.91. The second kappa shape index (κ2) is 14.6. The Kier molecular flexibility index (Phi) is 5.71. The van der Waals surface area contributed by atoms with Crippen molar-refractivity contribution in [2.24, 2.45) is 17.6 Å². The molecule has 0 aromatic heterocycles. The Labute approximate surface area is 270 Å². The molecule has 0 unspecified atom stereocenters. The number of amides is 2. The summed E-state index contributed by atoms with van der Waals surface area (Å²) in [7, 11) is 0. The van der Waals surface area contributed by atoms with Crippen molar-refractivity contribution >= 4 is 24.6 Å². The SMILES string of the molecule is CCOC(=O)N1C[C@@H](CO)[C@@H](N)C1.CCOC(=O)N1C[C@H]2CON([C@@H](CO)c3ccccc3)[C@H]2C1.Cl.[2HH].[2H][2H].[2H][2H].[2H][2H].[2H][2H].[2H][2H].[2H][2H].[2H][2H].[2H][2H].[2H][2H].[2H][2H].[2H][2H].[2H][2H].[2H][2H].[2H][2H].[2H][2H].[2H][2H].[HH]. The summed E-state index contributed by atoms with van der Waals surface area (Å²) < 4.78 is 170. The molecule has 1 aromatic rings. The van der Waals surface area contributed by atoms with Crippen molar-refractivity contribution in [2.45, 2.75) is 32.0 Å². The third-order valence-electron chi connectivity index (χ3n) is 6.61. The zero-order valence-electron chi connectivity index (χ0n) is 52.9. The Bertz CT molecular complexity index is 891. The lowest BCUT2D eigenvalue weighted by atomic mass is 10.0. The predicted octanol–water partition coefficient (Wildman–Crippen LogP) is 5.67. The Hall–Kier alpha value is -2.15. The fourth-order valence-electron chi connectivity index (χ4n) is 4.73. The van der Waals surface area contributed by atoms with Gasteiger partial charge in [-0.2, -0.15) is 5.06 Å². The molecule has 3 saturated heterocycles. The molecule has 0 saturated carbocycles. The lowest BCUT2D eigenvalue weighted by molar-refractivity contribution is -0.174. The van der Waals surface area contributed by atoms with Gasteiger partial charge in [0, 0.05) is 101 Å². The topological polar surface area (TPSA) is 138 Å². The number of hydroxylamine groups is 2. The first-order chi connectivity index (χ1) is 32.9. The van der Waals surface area contributed by atoms with Crippen LogP contribution in [0, 0.1) is 11.8 Å². The Balaban J connectivity index is -0.0000000340. The Morgan fingerprint density at radius 3 is 2.25 bits per heavy atom. The first-order valence-electron chi connectivity index (χ1n) is 28.2. The van der Waals surface area contributed by atoms with E-state index >= 15 is 0 Å². The smallest absolute Gasteiger partial charge is 0.409 e. The maximum atomic E-state index is 11.9. The summed E-state index contributed by atoms with van der Waals surface area (Å²) in [5.74, 6) is 0.256. The number of benzene rings is 1. The molecule has 12 heteroatoms. The average molecular weight is 601 g/mol. The number of aliphatic hydroxyl groups is 2. The molecule has 240 valence electrons. The molecule has 36 heavy (non-hydrogen) atoms. The summed E-state index contributed by atoms with van der Waals surface area (Å²) in [4.78, 5) is 32.2. The van der Waals surface area contributed by atoms with Crippen molar-refractivity contribution in [3.05, 3.63) is 35.9 Å². The molecule has 3 aliphatic heterocycles. The highest BCUT2D eigenvalue weighted by Crippen LogP contribution is 2.35. The molecule has 5 atom stereocenters. The highest BCUT2D eigenvalue weighted by Gasteiger charge is 2.47. The number of carbonyl (C=O) groups excluding carboxylic acids is 2. The van der Waals surface area contributed by atoms with Crippen LogP contribution in [0.4, 0.5) is 9.59 Å². The molecule has 2 amide bonds. The van der Waals surface area contributed by atoms with E-state index in [1.165, 1.54) is 4.90 Å². The van der Waals surface area contributed by atoms with Crippen LogP contribution in [-0.4, -0.2) is 109 Å². The number of hydrogen-bond donors (Lipinski definition) is 3. The number of aliphatic hydroxyl groups excluding tert-OH is 2. The summed E-state index contributed by atoms with van der Waals surface area (Å²) >= 11 is 0. The molecular formula is C24H75ClN4O7. The van der Waals surface area contributed by atoms with Crippen molar-refractivity contribution in [3.8, 4) is 0 Å². The van der Waals surface area contributed by atoms with Crippen LogP contribution in [0.25, 0.3) is 0 Å². The third-order valence-corrected chi connectivity index (χ3v) is 6.61. The lowest BCUT2D eigenvalue weighted by Crippen LogP contribution is -2.39. The van der Waals surface area contributed by atoms with E-state index in [1.54, 1.807) is 18.7 Å². The molecule has 4 rings (SSSR count). The highest BCUT2D eigenvalue weighted by atomic mass is 35.5. The maximum Gasteiger partial charge on any atom is 0.409 e. The first kappa shape index (κ1) is 14.1. The predicted molar refractivity (Wildman–Crippen MR) is 172 cm³/mol. The fourth-order valence-corrected chi connectivity index (χ4v) is 4.73. The Morgan fingerprint density at radius 2 is 1.72 bits per heavy atom. The van der Waals surface area contributed by atoms with Crippen molar-refractivity contribution in [2.75, 3.05) is 59.2 Å². The van der Waals surface area contributed by atoms with Gasteiger partial charge in [-0.1, -0.05) is 30.3 Å². The molecule has 4 N–H and O–H groups in total. The molecular weight excluding hydrogens is 492 g/mol. The largest absolute Gasteiger partial charge is 0.450 e. The van der Waals surface area contributed by atoms with Gasteiger partial charge in [0.15, 0.2) is 0 Å². The molecule has 11 nitrogen and oxygen atoms in total. The van der Waals surface area contributed by atoms with Crippen LogP contribution >= 0.6 is 12.4 Å². The highest BCUT2D eigenvalue weighted by molar-refractivity contribution is 5.85. The molecule has 0 spiro atoms. The molecule has 3 heterocycles. The van der Waals surface area contributed by atoms with Gasteiger partial charge in [0.1, 0.15) is 0 Å². The lowest BCUT2D eigenvalue weighted by Gasteiger charge is -2.30. The fraction of sp³-hybridized carbons (Fsp3) is 0.667. The van der Waals surface area contributed by atoms with Gasteiger partial charge in [-0.05, 0) is 19.4 Å². The van der Waals surface area contributed by atoms with Crippen LogP contribution in [0.2, 0.25) is 0 Å². The van der Waals surface area contributed by atoms with E-state index in [2.05, 4.69) is 0 Å². The molecule has 1 aromatic carbocycles. The first-order valence-corrected chi connectivity index (χ1v) is 12.2. The van der Waals surface area contributed by atoms with Crippen LogP contribution in [0.15, 0.2) is 30.3 Å². The van der Waals surface area contributed by atoms with Gasteiger partial charge < -0.3 is 35.2 Å². The van der Waals surface area contributed by atoms with E-state index in [1.807, 2.05) is 35.4 Å². The van der Waals surface area contributed by atoms with Crippen molar-refractivity contribution in [3.63, 3.8) is 0 Å². The van der Waals surface area contributed by atoms with Crippen LogP contribution < -0.4 is 5.73 Å². The van der Waals surface area contributed by atoms with Crippen molar-refractivity contribution < 1.29 is 84.5 Å². The minimum absolute atomic E-state index is 0. The number of carbonyl (C=O) groups is 2. The van der Waals surface area contributed by atoms with Crippen LogP contribution in [-0.2, 0) is 14.3 Å². The third kappa shape index (κ3) is 7.21. The van der Waals surface area contributed by atoms with Gasteiger partial charge in [-0.3, -0.25) is 4.84 Å². The van der Waals surface area contributed by atoms with Crippen molar-refractivity contribution in [1.29, 1.82) is 0 Å². The monoisotopic (exact) mass is 600 g/mol. The van der Waals surface area contributed by atoms with Crippen LogP contribution in [0.1, 0.15) is 75.8 Å². The number of ether oxygens (including phenoxy) is 2. The zero-order valence-corrected chi connectivity index (χ0v) is 21.7. The Morgan fingerprint density at radius 1 is 1.11 bits per heavy atom. The molecule has 3 fully saturated rings. The quantitative estimate of drug-likeness (QED) is 0.377. The number of halogens is 1. The van der Waals surface area contributed by atoms with Gasteiger partial charge >= 0.3 is 12.2 Å². The number of nitrogens with zero attached hydrogens (tertiary/aromatic N) is 3. The minimum Gasteiger partial charge on any atom is -0.450 e. The second-order valence-corrected chi connectivity index (χ2v) is 8.91. The number of nitrogens with two attached hydrogens (primary N) is 1. The maximum absolute atomic E-state index is 11.9. The summed E-state index contributed by atoms with van der Waals surface area (Å²) in [5.41, 5.74) is 6.72. The minimum atomic E-state index is -0.339.